The van der Waals surface area contributed by atoms with E-state index in [1.165, 1.54) is 6.42 Å². The van der Waals surface area contributed by atoms with Crippen molar-refractivity contribution in [2.45, 2.75) is 32.1 Å². The topological polar surface area (TPSA) is 45.6 Å². The van der Waals surface area contributed by atoms with Crippen LogP contribution in [0.1, 0.15) is 32.1 Å². The van der Waals surface area contributed by atoms with E-state index in [9.17, 15) is 4.79 Å². The average Bonchev–Trinajstić information content (AvgIpc) is 1.69. The number of carbonyl (C=O) groups is 1. The normalized spacial score (nSPS) is 17.6. The molecule has 1 saturated carbocycles. The standard InChI is InChI=1S/C6H10O.O.Zn/c7-6-4-2-1-3-5-6;;/h1-5H2;;/q;-2;+2. The Balaban J connectivity index is 0. The maximum absolute atomic E-state index is 10.5. The Morgan fingerprint density at radius 2 is 1.44 bits per heavy atom. The zero-order valence-corrected chi connectivity index (χ0v) is 8.53. The third-order valence-electron chi connectivity index (χ3n) is 1.41. The van der Waals surface area contributed by atoms with Gasteiger partial charge >= 0.3 is 19.5 Å². The van der Waals surface area contributed by atoms with E-state index in [1.807, 2.05) is 0 Å². The van der Waals surface area contributed by atoms with Crippen molar-refractivity contribution in [2.24, 2.45) is 0 Å². The van der Waals surface area contributed by atoms with Gasteiger partial charge in [-0.15, -0.1) is 0 Å². The second-order valence-electron chi connectivity index (χ2n) is 2.10. The van der Waals surface area contributed by atoms with Gasteiger partial charge in [0.2, 0.25) is 0 Å². The first kappa shape index (κ1) is 12.0. The van der Waals surface area contributed by atoms with Gasteiger partial charge in [-0.3, -0.25) is 4.79 Å². The van der Waals surface area contributed by atoms with E-state index in [0.29, 0.717) is 5.78 Å². The molecule has 0 saturated heterocycles. The summed E-state index contributed by atoms with van der Waals surface area (Å²) < 4.78 is 0. The summed E-state index contributed by atoms with van der Waals surface area (Å²) in [6, 6.07) is 0. The predicted molar refractivity (Wildman–Crippen MR) is 28.8 cm³/mol. The first-order valence-electron chi connectivity index (χ1n) is 2.91. The number of ketones is 1. The van der Waals surface area contributed by atoms with Crippen molar-refractivity contribution in [3.63, 3.8) is 0 Å². The molecule has 0 aromatic heterocycles. The molecule has 1 aliphatic rings. The molecule has 0 amide bonds. The number of hydrogen-bond acceptors (Lipinski definition) is 1. The Bertz CT molecular complexity index is 75.1. The summed E-state index contributed by atoms with van der Waals surface area (Å²) in [5.74, 6) is 0.464. The van der Waals surface area contributed by atoms with Gasteiger partial charge in [0.25, 0.3) is 0 Å². The van der Waals surface area contributed by atoms with Crippen LogP contribution in [0.2, 0.25) is 0 Å². The van der Waals surface area contributed by atoms with E-state index in [2.05, 4.69) is 0 Å². The Morgan fingerprint density at radius 3 is 1.67 bits per heavy atom. The van der Waals surface area contributed by atoms with Crippen LogP contribution in [0.25, 0.3) is 0 Å². The summed E-state index contributed by atoms with van der Waals surface area (Å²) in [5, 5.41) is 0. The summed E-state index contributed by atoms with van der Waals surface area (Å²) in [6.45, 7) is 0. The molecule has 0 aromatic carbocycles. The quantitative estimate of drug-likeness (QED) is 0.519. The Labute approximate surface area is 68.1 Å². The minimum atomic E-state index is 0. The van der Waals surface area contributed by atoms with Gasteiger partial charge in [0.1, 0.15) is 5.78 Å². The maximum atomic E-state index is 10.5. The van der Waals surface area contributed by atoms with Gasteiger partial charge < -0.3 is 5.48 Å². The van der Waals surface area contributed by atoms with E-state index in [-0.39, 0.29) is 25.0 Å². The molecule has 48 valence electrons. The summed E-state index contributed by atoms with van der Waals surface area (Å²) in [5.41, 5.74) is 0. The van der Waals surface area contributed by atoms with Crippen molar-refractivity contribution >= 4 is 5.78 Å². The minimum Gasteiger partial charge on any atom is -2.00 e. The summed E-state index contributed by atoms with van der Waals surface area (Å²) in [6.07, 6.45) is 5.24. The Morgan fingerprint density at radius 1 is 1.00 bits per heavy atom. The van der Waals surface area contributed by atoms with Crippen LogP contribution in [0.5, 0.6) is 0 Å². The molecule has 0 heterocycles. The molecule has 0 unspecified atom stereocenters. The van der Waals surface area contributed by atoms with Crippen molar-refractivity contribution in [2.75, 3.05) is 0 Å². The molecular formula is C6H10O2Zn. The third kappa shape index (κ3) is 4.74. The van der Waals surface area contributed by atoms with E-state index in [1.54, 1.807) is 0 Å². The fourth-order valence-electron chi connectivity index (χ4n) is 0.946. The molecule has 1 fully saturated rings. The Kier molecular flexibility index (Phi) is 8.49. The van der Waals surface area contributed by atoms with Crippen molar-refractivity contribution < 1.29 is 29.7 Å². The third-order valence-corrected chi connectivity index (χ3v) is 1.41. The zero-order valence-electron chi connectivity index (χ0n) is 5.56. The van der Waals surface area contributed by atoms with Gasteiger partial charge in [0.15, 0.2) is 0 Å². The molecule has 0 radical (unpaired) electrons. The number of rotatable bonds is 0. The number of hydrogen-bond donors (Lipinski definition) is 0. The first-order valence-corrected chi connectivity index (χ1v) is 2.91. The van der Waals surface area contributed by atoms with Gasteiger partial charge in [-0.2, -0.15) is 0 Å². The van der Waals surface area contributed by atoms with Crippen LogP contribution in [0.15, 0.2) is 0 Å². The van der Waals surface area contributed by atoms with Crippen LogP contribution in [-0.2, 0) is 29.7 Å². The predicted octanol–water partition coefficient (Wildman–Crippen LogP) is 1.40. The molecule has 9 heavy (non-hydrogen) atoms. The number of carbonyl (C=O) groups excluding carboxylic acids is 1. The van der Waals surface area contributed by atoms with Crippen LogP contribution >= 0.6 is 0 Å². The fourth-order valence-corrected chi connectivity index (χ4v) is 0.946. The van der Waals surface area contributed by atoms with Crippen LogP contribution in [-0.4, -0.2) is 5.78 Å². The van der Waals surface area contributed by atoms with Gasteiger partial charge in [0.05, 0.1) is 0 Å². The van der Waals surface area contributed by atoms with Crippen LogP contribution in [0.3, 0.4) is 0 Å². The van der Waals surface area contributed by atoms with Crippen LogP contribution < -0.4 is 0 Å². The fraction of sp³-hybridized carbons (Fsp3) is 0.833. The van der Waals surface area contributed by atoms with Crippen molar-refractivity contribution in [3.05, 3.63) is 0 Å². The van der Waals surface area contributed by atoms with Gasteiger partial charge in [0, 0.05) is 12.8 Å². The van der Waals surface area contributed by atoms with Gasteiger partial charge in [-0.05, 0) is 12.8 Å². The zero-order chi connectivity index (χ0) is 5.11. The molecular weight excluding hydrogens is 169 g/mol. The molecule has 0 aromatic rings. The van der Waals surface area contributed by atoms with Crippen LogP contribution in [0.4, 0.5) is 0 Å². The minimum absolute atomic E-state index is 0. The smallest absolute Gasteiger partial charge is 2.00 e. The monoisotopic (exact) mass is 178 g/mol. The van der Waals surface area contributed by atoms with E-state index >= 15 is 0 Å². The van der Waals surface area contributed by atoms with E-state index in [0.717, 1.165) is 25.7 Å². The molecule has 0 N–H and O–H groups in total. The molecule has 3 heteroatoms. The summed E-state index contributed by atoms with van der Waals surface area (Å²) in [7, 11) is 0. The van der Waals surface area contributed by atoms with E-state index in [4.69, 9.17) is 0 Å². The average molecular weight is 180 g/mol. The largest absolute Gasteiger partial charge is 2.00 e. The second kappa shape index (κ2) is 6.37. The summed E-state index contributed by atoms with van der Waals surface area (Å²) in [4.78, 5) is 10.5. The first-order chi connectivity index (χ1) is 3.39. The molecule has 2 nitrogen and oxygen atoms in total. The van der Waals surface area contributed by atoms with Crippen molar-refractivity contribution in [1.29, 1.82) is 0 Å². The molecule has 0 atom stereocenters. The van der Waals surface area contributed by atoms with E-state index < -0.39 is 0 Å². The van der Waals surface area contributed by atoms with Crippen molar-refractivity contribution in [3.8, 4) is 0 Å². The molecule has 1 rings (SSSR count). The summed E-state index contributed by atoms with van der Waals surface area (Å²) >= 11 is 0. The Hall–Kier alpha value is 0.253. The van der Waals surface area contributed by atoms with Gasteiger partial charge in [-0.25, -0.2) is 0 Å². The molecule has 0 spiro atoms. The maximum Gasteiger partial charge on any atom is 2.00 e. The molecule has 1 aliphatic carbocycles. The van der Waals surface area contributed by atoms with Crippen molar-refractivity contribution in [1.82, 2.24) is 0 Å². The second-order valence-corrected chi connectivity index (χ2v) is 2.10. The molecule has 0 aliphatic heterocycles. The van der Waals surface area contributed by atoms with Crippen LogP contribution in [0, 0.1) is 0 Å². The molecule has 0 bridgehead atoms. The van der Waals surface area contributed by atoms with Gasteiger partial charge in [-0.1, -0.05) is 6.42 Å². The SMILES string of the molecule is O=C1CCCCC1.[O-2].[Zn+2]. The number of Topliss-reactive ketones (excluding diaryl/α,β-unsaturated/α-hetero) is 1.